The molecule has 0 saturated heterocycles. The zero-order valence-electron chi connectivity index (χ0n) is 8.97. The second kappa shape index (κ2) is 4.26. The van der Waals surface area contributed by atoms with Gasteiger partial charge in [0.2, 0.25) is 0 Å². The molecule has 94 valence electrons. The summed E-state index contributed by atoms with van der Waals surface area (Å²) in [5.74, 6) is -1.98. The normalized spacial score (nSPS) is 16.7. The van der Waals surface area contributed by atoms with Crippen LogP contribution in [0.15, 0.2) is 0 Å². The van der Waals surface area contributed by atoms with E-state index in [1.165, 1.54) is 0 Å². The maximum Gasteiger partial charge on any atom is 0.471 e. The van der Waals surface area contributed by atoms with E-state index < -0.39 is 12.1 Å². The molecule has 0 radical (unpaired) electrons. The predicted molar refractivity (Wildman–Crippen MR) is 56.8 cm³/mol. The Hall–Kier alpha value is -1.15. The van der Waals surface area contributed by atoms with Crippen LogP contribution in [0.5, 0.6) is 0 Å². The number of alkyl halides is 3. The number of halogens is 3. The molecule has 0 aromatic carbocycles. The van der Waals surface area contributed by atoms with Crippen molar-refractivity contribution >= 4 is 22.4 Å². The molecule has 0 aliphatic carbocycles. The largest absolute Gasteiger partial charge is 0.471 e. The van der Waals surface area contributed by atoms with Gasteiger partial charge in [-0.15, -0.1) is 11.3 Å². The van der Waals surface area contributed by atoms with Crippen LogP contribution in [0.1, 0.15) is 10.6 Å². The highest BCUT2D eigenvalue weighted by atomic mass is 32.1. The summed E-state index contributed by atoms with van der Waals surface area (Å²) in [6, 6.07) is 0. The van der Waals surface area contributed by atoms with Gasteiger partial charge in [-0.3, -0.25) is 10.1 Å². The molecular weight excluding hydrogens is 255 g/mol. The van der Waals surface area contributed by atoms with E-state index in [9.17, 15) is 18.0 Å². The van der Waals surface area contributed by atoms with Crippen molar-refractivity contribution in [3.63, 3.8) is 0 Å². The van der Waals surface area contributed by atoms with Crippen molar-refractivity contribution < 1.29 is 18.0 Å². The summed E-state index contributed by atoms with van der Waals surface area (Å²) in [6.45, 7) is 1.48. The Balaban J connectivity index is 2.11. The monoisotopic (exact) mass is 265 g/mol. The van der Waals surface area contributed by atoms with E-state index in [4.69, 9.17) is 0 Å². The van der Waals surface area contributed by atoms with Crippen LogP contribution >= 0.6 is 11.3 Å². The molecule has 1 aliphatic rings. The van der Waals surface area contributed by atoms with Crippen LogP contribution < -0.4 is 5.32 Å². The third-order valence-electron chi connectivity index (χ3n) is 2.40. The number of hydrogen-bond donors (Lipinski definition) is 1. The van der Waals surface area contributed by atoms with Crippen LogP contribution in [0.2, 0.25) is 0 Å². The summed E-state index contributed by atoms with van der Waals surface area (Å²) in [7, 11) is 1.93. The standard InChI is InChI=1S/C9H10F3N3OS/c1-15-3-2-5-6(4-15)17-8(13-5)14-7(16)9(10,11)12/h2-4H2,1H3,(H,13,14,16). The molecule has 0 spiro atoms. The van der Waals surface area contributed by atoms with Gasteiger partial charge in [-0.2, -0.15) is 13.2 Å². The van der Waals surface area contributed by atoms with Crippen molar-refractivity contribution in [3.05, 3.63) is 10.6 Å². The Morgan fingerprint density at radius 3 is 2.88 bits per heavy atom. The highest BCUT2D eigenvalue weighted by Gasteiger charge is 2.39. The van der Waals surface area contributed by atoms with E-state index >= 15 is 0 Å². The summed E-state index contributed by atoms with van der Waals surface area (Å²) >= 11 is 1.10. The summed E-state index contributed by atoms with van der Waals surface area (Å²) in [6.07, 6.45) is -4.17. The molecule has 17 heavy (non-hydrogen) atoms. The maximum absolute atomic E-state index is 12.0. The van der Waals surface area contributed by atoms with E-state index in [0.717, 1.165) is 28.5 Å². The highest BCUT2D eigenvalue weighted by Crippen LogP contribution is 2.28. The molecule has 0 bridgehead atoms. The lowest BCUT2D eigenvalue weighted by Gasteiger charge is -2.20. The van der Waals surface area contributed by atoms with Gasteiger partial charge in [0.1, 0.15) is 0 Å². The topological polar surface area (TPSA) is 45.2 Å². The predicted octanol–water partition coefficient (Wildman–Crippen LogP) is 1.63. The average Bonchev–Trinajstić information content (AvgIpc) is 2.57. The van der Waals surface area contributed by atoms with Gasteiger partial charge in [0.25, 0.3) is 0 Å². The number of carbonyl (C=O) groups excluding carboxylic acids is 1. The van der Waals surface area contributed by atoms with E-state index in [1.807, 2.05) is 7.05 Å². The molecular formula is C9H10F3N3OS. The molecule has 8 heteroatoms. The lowest BCUT2D eigenvalue weighted by molar-refractivity contribution is -0.167. The van der Waals surface area contributed by atoms with Gasteiger partial charge in [-0.25, -0.2) is 4.98 Å². The molecule has 0 fully saturated rings. The quantitative estimate of drug-likeness (QED) is 0.839. The number of likely N-dealkylation sites (N-methyl/N-ethyl adjacent to an activating group) is 1. The number of aromatic nitrogens is 1. The minimum atomic E-state index is -4.87. The molecule has 1 aliphatic heterocycles. The van der Waals surface area contributed by atoms with Gasteiger partial charge in [0, 0.05) is 24.4 Å². The molecule has 4 nitrogen and oxygen atoms in total. The molecule has 0 atom stereocenters. The van der Waals surface area contributed by atoms with Crippen LogP contribution in [0.25, 0.3) is 0 Å². The number of hydrogen-bond acceptors (Lipinski definition) is 4. The van der Waals surface area contributed by atoms with E-state index in [0.29, 0.717) is 13.0 Å². The van der Waals surface area contributed by atoms with Crippen molar-refractivity contribution in [2.24, 2.45) is 0 Å². The minimum absolute atomic E-state index is 0.0209. The maximum atomic E-state index is 12.0. The number of nitrogens with one attached hydrogen (secondary N) is 1. The molecule has 0 saturated carbocycles. The first kappa shape index (κ1) is 12.3. The Morgan fingerprint density at radius 2 is 2.24 bits per heavy atom. The van der Waals surface area contributed by atoms with Gasteiger partial charge in [0.05, 0.1) is 5.69 Å². The molecule has 1 N–H and O–H groups in total. The van der Waals surface area contributed by atoms with Crippen molar-refractivity contribution in [1.29, 1.82) is 0 Å². The van der Waals surface area contributed by atoms with Crippen LogP contribution in [0.3, 0.4) is 0 Å². The van der Waals surface area contributed by atoms with Crippen molar-refractivity contribution in [1.82, 2.24) is 9.88 Å². The van der Waals surface area contributed by atoms with Gasteiger partial charge >= 0.3 is 12.1 Å². The van der Waals surface area contributed by atoms with E-state index in [2.05, 4.69) is 9.88 Å². The summed E-state index contributed by atoms with van der Waals surface area (Å²) < 4.78 is 36.1. The van der Waals surface area contributed by atoms with Gasteiger partial charge in [0.15, 0.2) is 5.13 Å². The van der Waals surface area contributed by atoms with Crippen LogP contribution in [0.4, 0.5) is 18.3 Å². The van der Waals surface area contributed by atoms with Gasteiger partial charge in [-0.1, -0.05) is 0 Å². The second-order valence-corrected chi connectivity index (χ2v) is 4.91. The van der Waals surface area contributed by atoms with Crippen molar-refractivity contribution in [3.8, 4) is 0 Å². The van der Waals surface area contributed by atoms with Gasteiger partial charge < -0.3 is 4.90 Å². The molecule has 1 aromatic rings. The fraction of sp³-hybridized carbons (Fsp3) is 0.556. The number of fused-ring (bicyclic) bond motifs is 1. The number of thiazole rings is 1. The van der Waals surface area contributed by atoms with Gasteiger partial charge in [-0.05, 0) is 7.05 Å². The summed E-state index contributed by atoms with van der Waals surface area (Å²) in [4.78, 5) is 17.7. The average molecular weight is 265 g/mol. The van der Waals surface area contributed by atoms with Crippen LogP contribution in [-0.2, 0) is 17.8 Å². The highest BCUT2D eigenvalue weighted by molar-refractivity contribution is 7.15. The van der Waals surface area contributed by atoms with E-state index in [1.54, 1.807) is 5.32 Å². The number of anilines is 1. The third-order valence-corrected chi connectivity index (χ3v) is 3.40. The first-order chi connectivity index (χ1) is 7.86. The van der Waals surface area contributed by atoms with E-state index in [-0.39, 0.29) is 5.13 Å². The smallest absolute Gasteiger partial charge is 0.301 e. The summed E-state index contributed by atoms with van der Waals surface area (Å²) in [5.41, 5.74) is 0.783. The first-order valence-corrected chi connectivity index (χ1v) is 5.73. The molecule has 0 unspecified atom stereocenters. The SMILES string of the molecule is CN1CCc2nc(NC(=O)C(F)(F)F)sc2C1. The number of rotatable bonds is 1. The van der Waals surface area contributed by atoms with Crippen LogP contribution in [-0.4, -0.2) is 35.6 Å². The third kappa shape index (κ3) is 2.75. The molecule has 2 heterocycles. The first-order valence-electron chi connectivity index (χ1n) is 4.91. The summed E-state index contributed by atoms with van der Waals surface area (Å²) in [5, 5.41) is 1.80. The Kier molecular flexibility index (Phi) is 3.09. The van der Waals surface area contributed by atoms with Crippen molar-refractivity contribution in [2.75, 3.05) is 18.9 Å². The lowest BCUT2D eigenvalue weighted by atomic mass is 10.2. The minimum Gasteiger partial charge on any atom is -0.301 e. The second-order valence-electron chi connectivity index (χ2n) is 3.83. The lowest BCUT2D eigenvalue weighted by Crippen LogP contribution is -2.29. The zero-order valence-corrected chi connectivity index (χ0v) is 9.78. The fourth-order valence-electron chi connectivity index (χ4n) is 1.54. The van der Waals surface area contributed by atoms with Crippen molar-refractivity contribution in [2.45, 2.75) is 19.1 Å². The fourth-order valence-corrected chi connectivity index (χ4v) is 2.63. The number of carbonyl (C=O) groups is 1. The molecule has 1 aromatic heterocycles. The zero-order chi connectivity index (χ0) is 12.6. The Bertz CT molecular complexity index is 443. The Labute approximate surface area is 99.4 Å². The molecule has 2 rings (SSSR count). The Morgan fingerprint density at radius 1 is 1.53 bits per heavy atom. The number of nitrogens with zero attached hydrogens (tertiary/aromatic N) is 2. The van der Waals surface area contributed by atoms with Crippen LogP contribution in [0, 0.1) is 0 Å². The molecule has 1 amide bonds. The number of amides is 1.